The summed E-state index contributed by atoms with van der Waals surface area (Å²) in [5.41, 5.74) is 2.01. The number of aryl methyl sites for hydroxylation is 1. The first-order chi connectivity index (χ1) is 9.98. The van der Waals surface area contributed by atoms with Gasteiger partial charge < -0.3 is 14.8 Å². The maximum absolute atomic E-state index is 9.02. The summed E-state index contributed by atoms with van der Waals surface area (Å²) >= 11 is 0. The van der Waals surface area contributed by atoms with Crippen LogP contribution in [-0.2, 0) is 11.3 Å². The first kappa shape index (κ1) is 17.5. The van der Waals surface area contributed by atoms with E-state index in [0.29, 0.717) is 19.6 Å². The lowest BCUT2D eigenvalue weighted by atomic mass is 9.92. The molecule has 21 heavy (non-hydrogen) atoms. The van der Waals surface area contributed by atoms with Gasteiger partial charge in [-0.25, -0.2) is 0 Å². The zero-order valence-electron chi connectivity index (χ0n) is 13.5. The summed E-state index contributed by atoms with van der Waals surface area (Å²) in [4.78, 5) is 0. The van der Waals surface area contributed by atoms with Crippen molar-refractivity contribution in [2.75, 3.05) is 26.9 Å². The van der Waals surface area contributed by atoms with Gasteiger partial charge in [-0.1, -0.05) is 17.7 Å². The van der Waals surface area contributed by atoms with E-state index >= 15 is 0 Å². The highest BCUT2D eigenvalue weighted by Crippen LogP contribution is 2.23. The summed E-state index contributed by atoms with van der Waals surface area (Å²) in [6.45, 7) is 8.74. The van der Waals surface area contributed by atoms with Crippen molar-refractivity contribution in [1.82, 2.24) is 5.32 Å². The van der Waals surface area contributed by atoms with Crippen molar-refractivity contribution in [3.8, 4) is 11.8 Å². The first-order valence-electron chi connectivity index (χ1n) is 7.32. The third-order valence-electron chi connectivity index (χ3n) is 3.30. The molecule has 0 spiro atoms. The molecule has 0 saturated carbocycles. The Morgan fingerprint density at radius 3 is 2.71 bits per heavy atom. The zero-order valence-corrected chi connectivity index (χ0v) is 13.5. The number of hydrogen-bond acceptors (Lipinski definition) is 4. The van der Waals surface area contributed by atoms with Crippen LogP contribution in [0.2, 0.25) is 0 Å². The predicted molar refractivity (Wildman–Crippen MR) is 84.3 cm³/mol. The summed E-state index contributed by atoms with van der Waals surface area (Å²) in [5, 5.41) is 12.4. The molecule has 116 valence electrons. The third-order valence-corrected chi connectivity index (χ3v) is 3.30. The molecule has 0 aliphatic rings. The Labute approximate surface area is 128 Å². The number of nitrogens with zero attached hydrogens (tertiary/aromatic N) is 1. The van der Waals surface area contributed by atoms with Gasteiger partial charge in [0.1, 0.15) is 5.75 Å². The largest absolute Gasteiger partial charge is 0.493 e. The van der Waals surface area contributed by atoms with E-state index in [1.807, 2.05) is 26.0 Å². The lowest BCUT2D eigenvalue weighted by Crippen LogP contribution is -2.19. The van der Waals surface area contributed by atoms with Crippen molar-refractivity contribution in [3.63, 3.8) is 0 Å². The second-order valence-electron chi connectivity index (χ2n) is 5.87. The number of rotatable bonds is 9. The van der Waals surface area contributed by atoms with Crippen LogP contribution in [0.1, 0.15) is 31.4 Å². The maximum atomic E-state index is 9.02. The summed E-state index contributed by atoms with van der Waals surface area (Å²) < 4.78 is 10.9. The molecule has 1 aromatic carbocycles. The second kappa shape index (κ2) is 8.66. The van der Waals surface area contributed by atoms with E-state index in [2.05, 4.69) is 24.4 Å². The van der Waals surface area contributed by atoms with Crippen LogP contribution in [0.4, 0.5) is 0 Å². The number of benzene rings is 1. The molecule has 0 unspecified atom stereocenters. The molecule has 1 N–H and O–H groups in total. The van der Waals surface area contributed by atoms with E-state index in [-0.39, 0.29) is 5.41 Å². The summed E-state index contributed by atoms with van der Waals surface area (Å²) in [5.74, 6) is 0.888. The lowest BCUT2D eigenvalue weighted by Gasteiger charge is -2.17. The molecule has 0 aromatic heterocycles. The van der Waals surface area contributed by atoms with Crippen LogP contribution in [0, 0.1) is 23.7 Å². The SMILES string of the molecule is COCCNCc1cc(C)ccc1OCCC(C)(C)C#N. The fourth-order valence-electron chi connectivity index (χ4n) is 1.86. The quantitative estimate of drug-likeness (QED) is 0.710. The number of nitriles is 1. The molecule has 0 bridgehead atoms. The number of ether oxygens (including phenoxy) is 2. The Morgan fingerprint density at radius 1 is 1.29 bits per heavy atom. The van der Waals surface area contributed by atoms with Crippen molar-refractivity contribution in [2.24, 2.45) is 5.41 Å². The molecule has 0 saturated heterocycles. The molecule has 0 atom stereocenters. The standard InChI is InChI=1S/C17H26N2O2/c1-14-5-6-16(21-9-7-17(2,3)13-18)15(11-14)12-19-8-10-20-4/h5-6,11,19H,7-10,12H2,1-4H3. The third kappa shape index (κ3) is 6.61. The average Bonchev–Trinajstić information content (AvgIpc) is 2.45. The van der Waals surface area contributed by atoms with E-state index in [0.717, 1.165) is 24.4 Å². The lowest BCUT2D eigenvalue weighted by molar-refractivity contribution is 0.199. The molecule has 0 aliphatic carbocycles. The summed E-state index contributed by atoms with van der Waals surface area (Å²) in [7, 11) is 1.69. The summed E-state index contributed by atoms with van der Waals surface area (Å²) in [6.07, 6.45) is 0.716. The van der Waals surface area contributed by atoms with Crippen LogP contribution in [0.15, 0.2) is 18.2 Å². The van der Waals surface area contributed by atoms with Crippen molar-refractivity contribution < 1.29 is 9.47 Å². The van der Waals surface area contributed by atoms with Crippen LogP contribution in [0.25, 0.3) is 0 Å². The molecule has 0 amide bonds. The number of hydrogen-bond donors (Lipinski definition) is 1. The maximum Gasteiger partial charge on any atom is 0.123 e. The Kier molecular flexibility index (Phi) is 7.21. The average molecular weight is 290 g/mol. The first-order valence-corrected chi connectivity index (χ1v) is 7.32. The van der Waals surface area contributed by atoms with Gasteiger partial charge in [-0.3, -0.25) is 0 Å². The van der Waals surface area contributed by atoms with Crippen molar-refractivity contribution in [1.29, 1.82) is 5.26 Å². The van der Waals surface area contributed by atoms with Crippen LogP contribution in [-0.4, -0.2) is 26.9 Å². The van der Waals surface area contributed by atoms with Gasteiger partial charge >= 0.3 is 0 Å². The Bertz CT molecular complexity index is 478. The molecule has 4 nitrogen and oxygen atoms in total. The highest BCUT2D eigenvalue weighted by atomic mass is 16.5. The zero-order chi connectivity index (χ0) is 15.7. The number of nitrogens with one attached hydrogen (secondary N) is 1. The van der Waals surface area contributed by atoms with Crippen LogP contribution in [0.5, 0.6) is 5.75 Å². The van der Waals surface area contributed by atoms with Gasteiger partial charge in [0.05, 0.1) is 24.7 Å². The van der Waals surface area contributed by atoms with E-state index < -0.39 is 0 Å². The van der Waals surface area contributed by atoms with Crippen molar-refractivity contribution in [3.05, 3.63) is 29.3 Å². The summed E-state index contributed by atoms with van der Waals surface area (Å²) in [6, 6.07) is 8.47. The van der Waals surface area contributed by atoms with Crippen molar-refractivity contribution >= 4 is 0 Å². The Balaban J connectivity index is 2.58. The van der Waals surface area contributed by atoms with Gasteiger partial charge in [-0.2, -0.15) is 5.26 Å². The van der Waals surface area contributed by atoms with Gasteiger partial charge in [-0.15, -0.1) is 0 Å². The molecule has 0 heterocycles. The smallest absolute Gasteiger partial charge is 0.123 e. The van der Waals surface area contributed by atoms with E-state index in [4.69, 9.17) is 14.7 Å². The molecule has 0 aliphatic heterocycles. The fraction of sp³-hybridized carbons (Fsp3) is 0.588. The Morgan fingerprint density at radius 2 is 2.05 bits per heavy atom. The predicted octanol–water partition coefficient (Wildman–Crippen LogP) is 3.05. The highest BCUT2D eigenvalue weighted by molar-refractivity contribution is 5.36. The minimum Gasteiger partial charge on any atom is -0.493 e. The molecular weight excluding hydrogens is 264 g/mol. The number of methoxy groups -OCH3 is 1. The monoisotopic (exact) mass is 290 g/mol. The molecule has 4 heteroatoms. The molecular formula is C17H26N2O2. The Hall–Kier alpha value is -1.57. The van der Waals surface area contributed by atoms with Crippen LogP contribution in [0.3, 0.4) is 0 Å². The van der Waals surface area contributed by atoms with Crippen LogP contribution < -0.4 is 10.1 Å². The van der Waals surface area contributed by atoms with Gasteiger partial charge in [0.15, 0.2) is 0 Å². The highest BCUT2D eigenvalue weighted by Gasteiger charge is 2.16. The molecule has 1 rings (SSSR count). The molecule has 0 radical (unpaired) electrons. The van der Waals surface area contributed by atoms with Gasteiger partial charge in [0.2, 0.25) is 0 Å². The normalized spacial score (nSPS) is 11.2. The van der Waals surface area contributed by atoms with Crippen molar-refractivity contribution in [2.45, 2.75) is 33.7 Å². The van der Waals surface area contributed by atoms with E-state index in [1.165, 1.54) is 5.56 Å². The van der Waals surface area contributed by atoms with Gasteiger partial charge in [0, 0.05) is 25.8 Å². The second-order valence-corrected chi connectivity index (χ2v) is 5.87. The van der Waals surface area contributed by atoms with Crippen LogP contribution >= 0.6 is 0 Å². The fourth-order valence-corrected chi connectivity index (χ4v) is 1.86. The van der Waals surface area contributed by atoms with E-state index in [9.17, 15) is 0 Å². The van der Waals surface area contributed by atoms with Gasteiger partial charge in [-0.05, 0) is 33.3 Å². The minimum atomic E-state index is -0.346. The molecule has 1 aromatic rings. The van der Waals surface area contributed by atoms with Gasteiger partial charge in [0.25, 0.3) is 0 Å². The van der Waals surface area contributed by atoms with E-state index in [1.54, 1.807) is 7.11 Å². The topological polar surface area (TPSA) is 54.3 Å². The minimum absolute atomic E-state index is 0.346. The molecule has 0 fully saturated rings.